The third kappa shape index (κ3) is 4.12. The molecule has 1 amide bonds. The Morgan fingerprint density at radius 1 is 1.33 bits per heavy atom. The van der Waals surface area contributed by atoms with Crippen molar-refractivity contribution >= 4 is 16.9 Å². The molecule has 1 aliphatic heterocycles. The number of nitrogens with zero attached hydrogens (tertiary/aromatic N) is 2. The van der Waals surface area contributed by atoms with E-state index >= 15 is 0 Å². The van der Waals surface area contributed by atoms with Crippen molar-refractivity contribution in [1.29, 1.82) is 0 Å². The van der Waals surface area contributed by atoms with Gasteiger partial charge in [-0.25, -0.2) is 8.78 Å². The summed E-state index contributed by atoms with van der Waals surface area (Å²) in [6.07, 6.45) is -3.71. The molecule has 33 heavy (non-hydrogen) atoms. The summed E-state index contributed by atoms with van der Waals surface area (Å²) < 4.78 is 81.1. The lowest BCUT2D eigenvalue weighted by Crippen LogP contribution is -2.26. The van der Waals surface area contributed by atoms with Crippen molar-refractivity contribution in [2.24, 2.45) is 5.73 Å². The first-order valence-electron chi connectivity index (χ1n) is 9.96. The highest BCUT2D eigenvalue weighted by Gasteiger charge is 2.50. The second-order valence-electron chi connectivity index (χ2n) is 8.06. The second-order valence-corrected chi connectivity index (χ2v) is 8.06. The van der Waals surface area contributed by atoms with Gasteiger partial charge in [0.25, 0.3) is 11.8 Å². The lowest BCUT2D eigenvalue weighted by atomic mass is 9.89. The van der Waals surface area contributed by atoms with Crippen molar-refractivity contribution in [3.63, 3.8) is 0 Å². The molecule has 4 rings (SSSR count). The molecular formula is C22H20F5N3O3. The molecule has 1 aliphatic rings. The maximum Gasteiger partial charge on any atom is 0.433 e. The average Bonchev–Trinajstić information content (AvgIpc) is 3.19. The molecular weight excluding hydrogens is 449 g/mol. The van der Waals surface area contributed by atoms with E-state index in [-0.39, 0.29) is 45.7 Å². The highest BCUT2D eigenvalue weighted by molar-refractivity contribution is 6.08. The van der Waals surface area contributed by atoms with E-state index in [1.165, 1.54) is 43.1 Å². The molecule has 3 aromatic rings. The number of nitrogens with two attached hydrogens (primary N) is 1. The van der Waals surface area contributed by atoms with E-state index in [2.05, 4.69) is 4.98 Å². The number of furan rings is 1. The largest absolute Gasteiger partial charge is 0.489 e. The van der Waals surface area contributed by atoms with Crippen molar-refractivity contribution in [2.45, 2.75) is 31.5 Å². The Balaban J connectivity index is 1.86. The van der Waals surface area contributed by atoms with Crippen LogP contribution in [-0.4, -0.2) is 41.9 Å². The highest BCUT2D eigenvalue weighted by Crippen LogP contribution is 2.48. The van der Waals surface area contributed by atoms with Crippen LogP contribution >= 0.6 is 0 Å². The Bertz CT molecular complexity index is 1220. The predicted molar refractivity (Wildman–Crippen MR) is 108 cm³/mol. The van der Waals surface area contributed by atoms with E-state index in [4.69, 9.17) is 14.9 Å². The molecule has 3 heterocycles. The fraction of sp³-hybridized carbons (Fsp3) is 0.364. The van der Waals surface area contributed by atoms with Gasteiger partial charge in [0.15, 0.2) is 5.69 Å². The molecule has 0 aliphatic carbocycles. The minimum Gasteiger partial charge on any atom is -0.489 e. The Morgan fingerprint density at radius 2 is 2.06 bits per heavy atom. The smallest absolute Gasteiger partial charge is 0.433 e. The molecule has 1 unspecified atom stereocenters. The molecule has 1 saturated heterocycles. The van der Waals surface area contributed by atoms with E-state index in [0.29, 0.717) is 0 Å². The van der Waals surface area contributed by atoms with Crippen LogP contribution in [0, 0.1) is 6.92 Å². The lowest BCUT2D eigenvalue weighted by Gasteiger charge is -2.23. The Morgan fingerprint density at radius 3 is 2.67 bits per heavy atom. The number of ether oxygens (including phenoxy) is 1. The van der Waals surface area contributed by atoms with E-state index in [9.17, 15) is 26.7 Å². The van der Waals surface area contributed by atoms with Gasteiger partial charge in [0, 0.05) is 29.3 Å². The van der Waals surface area contributed by atoms with Crippen LogP contribution in [0.3, 0.4) is 0 Å². The van der Waals surface area contributed by atoms with Gasteiger partial charge in [-0.1, -0.05) is 6.07 Å². The first-order chi connectivity index (χ1) is 15.4. The first kappa shape index (κ1) is 23.0. The number of hydrogen-bond donors (Lipinski definition) is 1. The van der Waals surface area contributed by atoms with Gasteiger partial charge in [-0.05, 0) is 32.2 Å². The van der Waals surface area contributed by atoms with Crippen molar-refractivity contribution in [2.75, 3.05) is 20.1 Å². The number of aryl methyl sites for hydroxylation is 1. The van der Waals surface area contributed by atoms with Crippen LogP contribution in [0.25, 0.3) is 11.0 Å². The molecule has 176 valence electrons. The van der Waals surface area contributed by atoms with Crippen molar-refractivity contribution in [3.8, 4) is 5.75 Å². The van der Waals surface area contributed by atoms with Crippen LogP contribution in [0.2, 0.25) is 0 Å². The SMILES string of the molecule is Cc1oc2ccc(OCc3cccnc3C(F)(F)F)c(C3CN(C)CC3(F)F)c2c1C(N)=O. The van der Waals surface area contributed by atoms with Gasteiger partial charge in [-0.3, -0.25) is 14.7 Å². The number of halogens is 5. The standard InChI is InChI=1S/C22H20F5N3O3/c1-11-16(20(28)31)18-15(33-11)6-5-14(17(18)13-8-30(2)10-21(13,23)24)32-9-12-4-3-7-29-19(12)22(25,26)27/h3-7,13H,8-10H2,1-2H3,(H2,28,31). The van der Waals surface area contributed by atoms with Crippen LogP contribution in [0.4, 0.5) is 22.0 Å². The summed E-state index contributed by atoms with van der Waals surface area (Å²) in [6.45, 7) is 0.315. The molecule has 0 spiro atoms. The number of amides is 1. The van der Waals surface area contributed by atoms with E-state index < -0.39 is 42.8 Å². The zero-order chi connectivity index (χ0) is 24.1. The number of carbonyl (C=O) groups is 1. The number of rotatable bonds is 5. The maximum atomic E-state index is 15.0. The van der Waals surface area contributed by atoms with Crippen LogP contribution in [0.1, 0.15) is 38.9 Å². The van der Waals surface area contributed by atoms with Gasteiger partial charge >= 0.3 is 6.18 Å². The van der Waals surface area contributed by atoms with Gasteiger partial charge in [-0.15, -0.1) is 0 Å². The number of likely N-dealkylation sites (N-methyl/N-ethyl adjacent to an activating group) is 1. The van der Waals surface area contributed by atoms with Crippen molar-refractivity contribution in [1.82, 2.24) is 9.88 Å². The van der Waals surface area contributed by atoms with E-state index in [1.807, 2.05) is 0 Å². The molecule has 0 saturated carbocycles. The lowest BCUT2D eigenvalue weighted by molar-refractivity contribution is -0.142. The zero-order valence-electron chi connectivity index (χ0n) is 17.7. The minimum atomic E-state index is -4.71. The molecule has 2 N–H and O–H groups in total. The van der Waals surface area contributed by atoms with Crippen molar-refractivity contribution in [3.05, 3.63) is 58.6 Å². The Hall–Kier alpha value is -3.21. The fourth-order valence-electron chi connectivity index (χ4n) is 4.33. The van der Waals surface area contributed by atoms with E-state index in [0.717, 1.165) is 6.20 Å². The number of pyridine rings is 1. The predicted octanol–water partition coefficient (Wildman–Crippen LogP) is 4.50. The van der Waals surface area contributed by atoms with Gasteiger partial charge in [0.05, 0.1) is 18.0 Å². The normalized spacial score (nSPS) is 18.7. The van der Waals surface area contributed by atoms with Crippen LogP contribution in [-0.2, 0) is 12.8 Å². The Kier molecular flexibility index (Phi) is 5.55. The number of carbonyl (C=O) groups excluding carboxylic acids is 1. The third-order valence-corrected chi connectivity index (χ3v) is 5.65. The highest BCUT2D eigenvalue weighted by atomic mass is 19.4. The monoisotopic (exact) mass is 469 g/mol. The quantitative estimate of drug-likeness (QED) is 0.557. The number of likely N-dealkylation sites (tertiary alicyclic amines) is 1. The Labute approximate surface area is 185 Å². The fourth-order valence-corrected chi connectivity index (χ4v) is 4.33. The molecule has 1 aromatic carbocycles. The summed E-state index contributed by atoms with van der Waals surface area (Å²) in [6, 6.07) is 5.29. The second kappa shape index (κ2) is 7.98. The van der Waals surface area contributed by atoms with Crippen molar-refractivity contribution < 1.29 is 35.9 Å². The topological polar surface area (TPSA) is 81.6 Å². The maximum absolute atomic E-state index is 15.0. The molecule has 6 nitrogen and oxygen atoms in total. The number of hydrogen-bond acceptors (Lipinski definition) is 5. The number of primary amides is 1. The summed E-state index contributed by atoms with van der Waals surface area (Å²) in [5, 5.41) is 0.0831. The first-order valence-corrected chi connectivity index (χ1v) is 9.96. The average molecular weight is 469 g/mol. The third-order valence-electron chi connectivity index (χ3n) is 5.65. The molecule has 0 radical (unpaired) electrons. The molecule has 1 fully saturated rings. The van der Waals surface area contributed by atoms with Crippen LogP contribution in [0.5, 0.6) is 5.75 Å². The summed E-state index contributed by atoms with van der Waals surface area (Å²) >= 11 is 0. The number of benzene rings is 1. The molecule has 11 heteroatoms. The minimum absolute atomic E-state index is 0.0232. The molecule has 2 aromatic heterocycles. The summed E-state index contributed by atoms with van der Waals surface area (Å²) in [5.41, 5.74) is 4.18. The van der Waals surface area contributed by atoms with Gasteiger partial charge in [0.2, 0.25) is 0 Å². The summed E-state index contributed by atoms with van der Waals surface area (Å²) in [7, 11) is 1.52. The van der Waals surface area contributed by atoms with E-state index in [1.54, 1.807) is 0 Å². The van der Waals surface area contributed by atoms with Crippen LogP contribution < -0.4 is 10.5 Å². The van der Waals surface area contributed by atoms with Gasteiger partial charge < -0.3 is 14.9 Å². The molecule has 1 atom stereocenters. The zero-order valence-corrected chi connectivity index (χ0v) is 17.7. The number of aromatic nitrogens is 1. The number of fused-ring (bicyclic) bond motifs is 1. The van der Waals surface area contributed by atoms with Gasteiger partial charge in [0.1, 0.15) is 23.7 Å². The summed E-state index contributed by atoms with van der Waals surface area (Å²) in [5.74, 6) is -5.38. The van der Waals surface area contributed by atoms with Gasteiger partial charge in [-0.2, -0.15) is 13.2 Å². The summed E-state index contributed by atoms with van der Waals surface area (Å²) in [4.78, 5) is 16.9. The molecule has 0 bridgehead atoms. The number of alkyl halides is 5. The van der Waals surface area contributed by atoms with Crippen LogP contribution in [0.15, 0.2) is 34.9 Å².